The lowest BCUT2D eigenvalue weighted by atomic mass is 9.94. The highest BCUT2D eigenvalue weighted by atomic mass is 19.1. The number of ether oxygens (including phenoxy) is 1. The van der Waals surface area contributed by atoms with E-state index in [0.29, 0.717) is 13.1 Å². The maximum Gasteiger partial charge on any atom is 0.341 e. The van der Waals surface area contributed by atoms with Crippen molar-refractivity contribution in [3.05, 3.63) is 33.9 Å². The number of piperidine rings is 1. The minimum atomic E-state index is -2.70. The molecule has 3 fully saturated rings. The minimum absolute atomic E-state index is 0.0211. The number of aromatic carboxylic acids is 1. The van der Waals surface area contributed by atoms with Crippen LogP contribution >= 0.6 is 0 Å². The number of benzene rings is 1. The lowest BCUT2D eigenvalue weighted by Gasteiger charge is -2.25. The summed E-state index contributed by atoms with van der Waals surface area (Å²) < 4.78 is 62.8. The number of fused-ring (bicyclic) bond motifs is 2. The minimum Gasteiger partial charge on any atom is -0.492 e. The van der Waals surface area contributed by atoms with Crippen molar-refractivity contribution in [1.29, 1.82) is 0 Å². The molecule has 2 aromatic rings. The van der Waals surface area contributed by atoms with E-state index in [4.69, 9.17) is 11.6 Å². The highest BCUT2D eigenvalue weighted by Gasteiger charge is 2.38. The largest absolute Gasteiger partial charge is 0.492 e. The summed E-state index contributed by atoms with van der Waals surface area (Å²) in [7, 11) is 1.24. The first-order valence-electron chi connectivity index (χ1n) is 12.1. The Labute approximate surface area is 174 Å². The Hall–Kier alpha value is -2.61. The van der Waals surface area contributed by atoms with E-state index in [1.807, 2.05) is 0 Å². The fraction of sp³-hybridized carbons (Fsp3) is 0.524. The number of nitrogens with one attached hydrogen (secondary N) is 1. The Morgan fingerprint density at radius 2 is 2.24 bits per heavy atom. The Balaban J connectivity index is 1.82. The van der Waals surface area contributed by atoms with Crippen LogP contribution in [-0.4, -0.2) is 48.4 Å². The third kappa shape index (κ3) is 2.88. The van der Waals surface area contributed by atoms with Gasteiger partial charge in [0, 0.05) is 36.8 Å². The van der Waals surface area contributed by atoms with Gasteiger partial charge >= 0.3 is 5.97 Å². The number of rotatable bonds is 4. The Bertz CT molecular complexity index is 1260. The summed E-state index contributed by atoms with van der Waals surface area (Å²) in [5.41, 5.74) is -2.03. The third-order valence-electron chi connectivity index (χ3n) is 6.00. The standard InChI is InChI=1S/C21H24FN3O4/c1-29-20-17-13(19(26)14(21(27)28)9-25(17)12-4-5-12)7-15(22)18(20)24-8-11-3-2-6-23-16(11)10-24/h7,9,11-12,16,23H,2-6,8,10H2,1H3,(H,27,28)/t11-,16+/m0/s1/i4D2,5D2,12D. The molecular weight excluding hydrogens is 377 g/mol. The van der Waals surface area contributed by atoms with E-state index >= 15 is 4.39 Å². The van der Waals surface area contributed by atoms with E-state index < -0.39 is 46.9 Å². The van der Waals surface area contributed by atoms with Crippen molar-refractivity contribution in [2.75, 3.05) is 31.6 Å². The van der Waals surface area contributed by atoms with Crippen LogP contribution in [0, 0.1) is 11.7 Å². The number of methoxy groups -OCH3 is 1. The molecule has 0 unspecified atom stereocenters. The van der Waals surface area contributed by atoms with Crippen LogP contribution in [0.3, 0.4) is 0 Å². The molecule has 0 amide bonds. The van der Waals surface area contributed by atoms with Gasteiger partial charge in [0.1, 0.15) is 11.3 Å². The van der Waals surface area contributed by atoms with Crippen LogP contribution in [0.1, 0.15) is 48.8 Å². The van der Waals surface area contributed by atoms with Gasteiger partial charge in [-0.2, -0.15) is 0 Å². The maximum absolute atomic E-state index is 15.5. The van der Waals surface area contributed by atoms with Gasteiger partial charge in [0.05, 0.1) is 19.4 Å². The molecular formula is C21H24FN3O4. The number of pyridine rings is 1. The van der Waals surface area contributed by atoms with Crippen LogP contribution in [0.15, 0.2) is 17.1 Å². The van der Waals surface area contributed by atoms with Crippen LogP contribution < -0.4 is 20.4 Å². The smallest absolute Gasteiger partial charge is 0.341 e. The van der Waals surface area contributed by atoms with Crippen molar-refractivity contribution in [1.82, 2.24) is 9.88 Å². The molecule has 0 bridgehead atoms. The van der Waals surface area contributed by atoms with E-state index in [0.717, 1.165) is 36.2 Å². The summed E-state index contributed by atoms with van der Waals surface area (Å²) in [5, 5.41) is 12.5. The summed E-state index contributed by atoms with van der Waals surface area (Å²) >= 11 is 0. The topological polar surface area (TPSA) is 83.8 Å². The number of nitrogens with zero attached hydrogens (tertiary/aromatic N) is 2. The molecule has 0 radical (unpaired) electrons. The van der Waals surface area contributed by atoms with Crippen molar-refractivity contribution >= 4 is 22.6 Å². The van der Waals surface area contributed by atoms with E-state index in [9.17, 15) is 14.7 Å². The third-order valence-corrected chi connectivity index (χ3v) is 6.00. The summed E-state index contributed by atoms with van der Waals surface area (Å²) in [6, 6.07) is -1.58. The molecule has 0 spiro atoms. The first-order valence-corrected chi connectivity index (χ1v) is 9.56. The summed E-state index contributed by atoms with van der Waals surface area (Å²) in [5.74, 6) is -2.34. The second-order valence-electron chi connectivity index (χ2n) is 7.65. The summed E-state index contributed by atoms with van der Waals surface area (Å²) in [4.78, 5) is 26.5. The van der Waals surface area contributed by atoms with Gasteiger partial charge in [0.15, 0.2) is 11.6 Å². The quantitative estimate of drug-likeness (QED) is 0.811. The van der Waals surface area contributed by atoms with E-state index in [1.54, 1.807) is 4.90 Å². The molecule has 1 aliphatic carbocycles. The zero-order valence-corrected chi connectivity index (χ0v) is 15.8. The zero-order valence-electron chi connectivity index (χ0n) is 20.8. The normalized spacial score (nSPS) is 31.1. The molecule has 1 aromatic heterocycles. The Morgan fingerprint density at radius 1 is 1.45 bits per heavy atom. The lowest BCUT2D eigenvalue weighted by molar-refractivity contribution is 0.0695. The van der Waals surface area contributed by atoms with Gasteiger partial charge in [0.2, 0.25) is 5.43 Å². The number of carboxylic acid groups (broad SMARTS) is 1. The average Bonchev–Trinajstić information content (AvgIpc) is 3.08. The molecule has 5 rings (SSSR count). The molecule has 8 heteroatoms. The van der Waals surface area contributed by atoms with Crippen LogP contribution in [0.25, 0.3) is 10.9 Å². The van der Waals surface area contributed by atoms with Crippen molar-refractivity contribution in [3.8, 4) is 5.75 Å². The fourth-order valence-corrected chi connectivity index (χ4v) is 4.61. The summed E-state index contributed by atoms with van der Waals surface area (Å²) in [6.45, 7) is 1.84. The number of carboxylic acids is 1. The number of hydrogen-bond acceptors (Lipinski definition) is 5. The molecule has 3 aliphatic rings. The Kier molecular flexibility index (Phi) is 3.15. The van der Waals surface area contributed by atoms with Crippen molar-refractivity contribution in [2.45, 2.75) is 37.6 Å². The van der Waals surface area contributed by atoms with Crippen LogP contribution in [0.2, 0.25) is 0 Å². The molecule has 1 aromatic carbocycles. The maximum atomic E-state index is 15.5. The van der Waals surface area contributed by atoms with E-state index in [2.05, 4.69) is 5.32 Å². The molecule has 2 saturated heterocycles. The predicted molar refractivity (Wildman–Crippen MR) is 107 cm³/mol. The predicted octanol–water partition coefficient (Wildman–Crippen LogP) is 2.37. The molecule has 2 N–H and O–H groups in total. The molecule has 3 heterocycles. The lowest BCUT2D eigenvalue weighted by Crippen LogP contribution is -2.40. The molecule has 7 nitrogen and oxygen atoms in total. The first kappa shape index (κ1) is 13.6. The van der Waals surface area contributed by atoms with Crippen LogP contribution in [-0.2, 0) is 0 Å². The van der Waals surface area contributed by atoms with Gasteiger partial charge in [-0.15, -0.1) is 0 Å². The highest BCUT2D eigenvalue weighted by Crippen LogP contribution is 2.45. The molecule has 2 aliphatic heterocycles. The van der Waals surface area contributed by atoms with Gasteiger partial charge in [-0.25, -0.2) is 9.18 Å². The molecule has 1 saturated carbocycles. The van der Waals surface area contributed by atoms with Crippen molar-refractivity contribution in [2.24, 2.45) is 5.92 Å². The van der Waals surface area contributed by atoms with Crippen molar-refractivity contribution < 1.29 is 25.9 Å². The van der Waals surface area contributed by atoms with Gasteiger partial charge < -0.3 is 24.6 Å². The van der Waals surface area contributed by atoms with Crippen LogP contribution in [0.4, 0.5) is 10.1 Å². The fourth-order valence-electron chi connectivity index (χ4n) is 4.61. The van der Waals surface area contributed by atoms with E-state index in [1.165, 1.54) is 7.11 Å². The number of halogens is 1. The number of aromatic nitrogens is 1. The average molecular weight is 406 g/mol. The SMILES string of the molecule is [2H]C1([2H])C([2H])([2H])C1([2H])n1cc(C(=O)O)c(=O)c2cc(F)c(N3C[C@@H]4CCCN[C@@H]4C3)c(OC)c21. The van der Waals surface area contributed by atoms with Gasteiger partial charge in [-0.3, -0.25) is 4.79 Å². The van der Waals surface area contributed by atoms with E-state index in [-0.39, 0.29) is 28.9 Å². The second kappa shape index (κ2) is 6.73. The Morgan fingerprint density at radius 3 is 2.90 bits per heavy atom. The van der Waals surface area contributed by atoms with Crippen LogP contribution in [0.5, 0.6) is 5.75 Å². The number of hydrogen-bond donors (Lipinski definition) is 2. The molecule has 29 heavy (non-hydrogen) atoms. The number of anilines is 1. The van der Waals surface area contributed by atoms with Crippen molar-refractivity contribution in [3.63, 3.8) is 0 Å². The van der Waals surface area contributed by atoms with Gasteiger partial charge in [0.25, 0.3) is 0 Å². The zero-order chi connectivity index (χ0) is 24.8. The number of carbonyl (C=O) groups is 1. The van der Waals surface area contributed by atoms with Gasteiger partial charge in [-0.05, 0) is 44.1 Å². The molecule has 2 atom stereocenters. The summed E-state index contributed by atoms with van der Waals surface area (Å²) in [6.07, 6.45) is -2.68. The van der Waals surface area contributed by atoms with Gasteiger partial charge in [-0.1, -0.05) is 0 Å². The molecule has 154 valence electrons. The second-order valence-corrected chi connectivity index (χ2v) is 7.65. The first-order chi connectivity index (χ1) is 15.9. The highest BCUT2D eigenvalue weighted by molar-refractivity contribution is 5.97. The monoisotopic (exact) mass is 406 g/mol.